The lowest BCUT2D eigenvalue weighted by Crippen LogP contribution is -2.50. The number of benzene rings is 1. The van der Waals surface area contributed by atoms with E-state index in [1.165, 1.54) is 18.2 Å². The van der Waals surface area contributed by atoms with Crippen LogP contribution in [0.3, 0.4) is 0 Å². The topological polar surface area (TPSA) is 144 Å². The van der Waals surface area contributed by atoms with Gasteiger partial charge in [0.05, 0.1) is 11.0 Å². The third kappa shape index (κ3) is 3.94. The van der Waals surface area contributed by atoms with E-state index in [1.54, 1.807) is 4.90 Å². The number of nitro groups is 1. The molecule has 11 nitrogen and oxygen atoms in total. The molecule has 1 aliphatic heterocycles. The number of amides is 1. The molecule has 1 amide bonds. The first-order chi connectivity index (χ1) is 12.4. The number of carbonyl (C=O) groups is 1. The Labute approximate surface area is 152 Å². The van der Waals surface area contributed by atoms with Gasteiger partial charge < -0.3 is 20.3 Å². The molecule has 2 aromatic rings. The van der Waals surface area contributed by atoms with Crippen molar-refractivity contribution in [1.82, 2.24) is 20.1 Å². The fourth-order valence-electron chi connectivity index (χ4n) is 2.52. The van der Waals surface area contributed by atoms with Crippen LogP contribution >= 0.6 is 11.6 Å². The normalized spacial score (nSPS) is 14.3. The summed E-state index contributed by atoms with van der Waals surface area (Å²) in [7, 11) is 0. The van der Waals surface area contributed by atoms with Crippen molar-refractivity contribution in [1.29, 1.82) is 0 Å². The number of hydrogen-bond donors (Lipinski definition) is 2. The number of nitro benzene ring substituents is 1. The molecule has 0 bridgehead atoms. The van der Waals surface area contributed by atoms with E-state index < -0.39 is 4.92 Å². The molecule has 138 valence electrons. The summed E-state index contributed by atoms with van der Waals surface area (Å²) in [6, 6.07) is 4.04. The second-order valence-electron chi connectivity index (χ2n) is 5.55. The zero-order chi connectivity index (χ0) is 18.7. The second-order valence-corrected chi connectivity index (χ2v) is 5.95. The maximum Gasteiger partial charge on any atom is 0.291 e. The van der Waals surface area contributed by atoms with Crippen LogP contribution < -0.4 is 15.4 Å². The first-order valence-corrected chi connectivity index (χ1v) is 8.09. The van der Waals surface area contributed by atoms with Gasteiger partial charge in [-0.15, -0.1) is 5.10 Å². The first kappa shape index (κ1) is 17.7. The van der Waals surface area contributed by atoms with E-state index in [0.717, 1.165) is 0 Å². The van der Waals surface area contributed by atoms with Crippen LogP contribution in [0.2, 0.25) is 5.02 Å². The highest BCUT2D eigenvalue weighted by Crippen LogP contribution is 2.28. The quantitative estimate of drug-likeness (QED) is 0.568. The summed E-state index contributed by atoms with van der Waals surface area (Å²) in [5.74, 6) is 0.740. The Hall–Kier alpha value is -3.08. The number of halogens is 1. The molecule has 1 aromatic carbocycles. The first-order valence-electron chi connectivity index (χ1n) is 7.71. The van der Waals surface area contributed by atoms with Crippen LogP contribution in [-0.4, -0.2) is 63.7 Å². The van der Waals surface area contributed by atoms with Crippen molar-refractivity contribution in [3.63, 3.8) is 0 Å². The standard InChI is InChI=1S/C14H16ClN7O4/c15-10-2-1-9(7-11(10)22(24)25)26-8-12(23)20-3-5-21(6-4-20)14-17-13(16)18-19-14/h1-2,7H,3-6,8H2,(H3,16,17,18,19). The van der Waals surface area contributed by atoms with Gasteiger partial charge >= 0.3 is 0 Å². The molecule has 1 aliphatic rings. The Morgan fingerprint density at radius 2 is 2.12 bits per heavy atom. The molecular weight excluding hydrogens is 366 g/mol. The zero-order valence-corrected chi connectivity index (χ0v) is 14.3. The van der Waals surface area contributed by atoms with Crippen molar-refractivity contribution >= 4 is 35.1 Å². The van der Waals surface area contributed by atoms with Gasteiger partial charge in [-0.05, 0) is 12.1 Å². The highest BCUT2D eigenvalue weighted by molar-refractivity contribution is 6.32. The Bertz CT molecular complexity index is 819. The Balaban J connectivity index is 1.52. The summed E-state index contributed by atoms with van der Waals surface area (Å²) >= 11 is 5.74. The summed E-state index contributed by atoms with van der Waals surface area (Å²) in [5, 5.41) is 17.4. The number of rotatable bonds is 5. The molecule has 1 aromatic heterocycles. The van der Waals surface area contributed by atoms with Crippen LogP contribution in [0.15, 0.2) is 18.2 Å². The maximum atomic E-state index is 12.3. The number of aromatic nitrogens is 3. The van der Waals surface area contributed by atoms with E-state index in [4.69, 9.17) is 22.1 Å². The van der Waals surface area contributed by atoms with Crippen LogP contribution in [0.1, 0.15) is 0 Å². The number of H-pyrrole nitrogens is 1. The minimum Gasteiger partial charge on any atom is -0.484 e. The summed E-state index contributed by atoms with van der Waals surface area (Å²) in [4.78, 5) is 30.2. The molecule has 2 heterocycles. The molecule has 0 unspecified atom stereocenters. The van der Waals surface area contributed by atoms with Gasteiger partial charge in [-0.2, -0.15) is 4.98 Å². The predicted octanol–water partition coefficient (Wildman–Crippen LogP) is 0.676. The van der Waals surface area contributed by atoms with Gasteiger partial charge in [-0.3, -0.25) is 14.9 Å². The number of nitrogens with one attached hydrogen (secondary N) is 1. The van der Waals surface area contributed by atoms with Crippen molar-refractivity contribution in [2.75, 3.05) is 43.4 Å². The lowest BCUT2D eigenvalue weighted by atomic mass is 10.3. The van der Waals surface area contributed by atoms with Gasteiger partial charge in [0.2, 0.25) is 11.9 Å². The third-order valence-corrected chi connectivity index (χ3v) is 4.20. The molecule has 3 N–H and O–H groups in total. The van der Waals surface area contributed by atoms with Crippen molar-refractivity contribution in [2.24, 2.45) is 0 Å². The van der Waals surface area contributed by atoms with Gasteiger partial charge in [-0.1, -0.05) is 11.6 Å². The van der Waals surface area contributed by atoms with Gasteiger partial charge in [-0.25, -0.2) is 5.10 Å². The van der Waals surface area contributed by atoms with E-state index in [-0.39, 0.29) is 34.9 Å². The Morgan fingerprint density at radius 3 is 2.73 bits per heavy atom. The number of hydrogen-bond acceptors (Lipinski definition) is 8. The zero-order valence-electron chi connectivity index (χ0n) is 13.6. The smallest absolute Gasteiger partial charge is 0.291 e. The lowest BCUT2D eigenvalue weighted by molar-refractivity contribution is -0.384. The van der Waals surface area contributed by atoms with Gasteiger partial charge in [0.15, 0.2) is 6.61 Å². The lowest BCUT2D eigenvalue weighted by Gasteiger charge is -2.34. The van der Waals surface area contributed by atoms with Gasteiger partial charge in [0.25, 0.3) is 11.6 Å². The number of nitrogens with two attached hydrogens (primary N) is 1. The van der Waals surface area contributed by atoms with Crippen molar-refractivity contribution in [3.05, 3.63) is 33.3 Å². The van der Waals surface area contributed by atoms with Crippen molar-refractivity contribution in [3.8, 4) is 5.75 Å². The second kappa shape index (κ2) is 7.44. The van der Waals surface area contributed by atoms with Crippen LogP contribution in [0, 0.1) is 10.1 Å². The molecule has 1 saturated heterocycles. The van der Waals surface area contributed by atoms with E-state index in [1.807, 2.05) is 4.90 Å². The van der Waals surface area contributed by atoms with E-state index in [9.17, 15) is 14.9 Å². The summed E-state index contributed by atoms with van der Waals surface area (Å²) < 4.78 is 5.37. The van der Waals surface area contributed by atoms with E-state index in [0.29, 0.717) is 32.1 Å². The minimum atomic E-state index is -0.605. The van der Waals surface area contributed by atoms with Crippen LogP contribution in [0.4, 0.5) is 17.6 Å². The fraction of sp³-hybridized carbons (Fsp3) is 0.357. The molecule has 0 saturated carbocycles. The summed E-state index contributed by atoms with van der Waals surface area (Å²) in [6.45, 7) is 1.88. The molecule has 0 radical (unpaired) electrons. The molecule has 0 atom stereocenters. The molecular formula is C14H16ClN7O4. The molecule has 0 aliphatic carbocycles. The van der Waals surface area contributed by atoms with Gasteiger partial charge in [0, 0.05) is 26.2 Å². The van der Waals surface area contributed by atoms with E-state index in [2.05, 4.69) is 15.2 Å². The van der Waals surface area contributed by atoms with Crippen LogP contribution in [-0.2, 0) is 4.79 Å². The number of nitrogens with zero attached hydrogens (tertiary/aromatic N) is 5. The summed E-state index contributed by atoms with van der Waals surface area (Å²) in [6.07, 6.45) is 0. The molecule has 1 fully saturated rings. The number of carbonyl (C=O) groups excluding carboxylic acids is 1. The number of aromatic amines is 1. The number of ether oxygens (including phenoxy) is 1. The highest BCUT2D eigenvalue weighted by atomic mass is 35.5. The largest absolute Gasteiger partial charge is 0.484 e. The number of anilines is 2. The minimum absolute atomic E-state index is 0.0115. The number of nitrogen functional groups attached to an aromatic ring is 1. The van der Waals surface area contributed by atoms with Crippen molar-refractivity contribution in [2.45, 2.75) is 0 Å². The fourth-order valence-corrected chi connectivity index (χ4v) is 2.71. The summed E-state index contributed by atoms with van der Waals surface area (Å²) in [5.41, 5.74) is 5.24. The van der Waals surface area contributed by atoms with Crippen LogP contribution in [0.5, 0.6) is 5.75 Å². The average Bonchev–Trinajstić information content (AvgIpc) is 3.07. The molecule has 0 spiro atoms. The average molecular weight is 382 g/mol. The van der Waals surface area contributed by atoms with E-state index >= 15 is 0 Å². The van der Waals surface area contributed by atoms with Crippen molar-refractivity contribution < 1.29 is 14.5 Å². The van der Waals surface area contributed by atoms with Crippen LogP contribution in [0.25, 0.3) is 0 Å². The molecule has 26 heavy (non-hydrogen) atoms. The molecule has 12 heteroatoms. The number of piperazine rings is 1. The maximum absolute atomic E-state index is 12.3. The Morgan fingerprint density at radius 1 is 1.38 bits per heavy atom. The SMILES string of the molecule is Nc1nc(N2CCN(C(=O)COc3ccc(Cl)c([N+](=O)[O-])c3)CC2)n[nH]1. The van der Waals surface area contributed by atoms with Gasteiger partial charge in [0.1, 0.15) is 10.8 Å². The highest BCUT2D eigenvalue weighted by Gasteiger charge is 2.23. The third-order valence-electron chi connectivity index (χ3n) is 3.88. The predicted molar refractivity (Wildman–Crippen MR) is 93.2 cm³/mol. The monoisotopic (exact) mass is 381 g/mol. The molecule has 3 rings (SSSR count). The Kier molecular flexibility index (Phi) is 5.07.